The number of hydrogen-bond donors (Lipinski definition) is 1. The van der Waals surface area contributed by atoms with Gasteiger partial charge in [-0.2, -0.15) is 13.9 Å². The number of sulfonamides is 1. The van der Waals surface area contributed by atoms with Gasteiger partial charge in [-0.25, -0.2) is 18.2 Å². The number of primary sulfonamides is 1. The van der Waals surface area contributed by atoms with Crippen molar-refractivity contribution in [1.82, 2.24) is 9.78 Å². The van der Waals surface area contributed by atoms with E-state index in [-0.39, 0.29) is 29.1 Å². The molecule has 0 fully saturated rings. The number of nitrogens with two attached hydrogens (primary N) is 1. The Labute approximate surface area is 92.3 Å². The largest absolute Gasteiger partial charge is 0.333 e. The van der Waals surface area contributed by atoms with E-state index in [9.17, 15) is 17.2 Å². The molecule has 0 spiro atoms. The van der Waals surface area contributed by atoms with Crippen LogP contribution in [-0.2, 0) is 22.9 Å². The highest BCUT2D eigenvalue weighted by Crippen LogP contribution is 2.24. The molecule has 16 heavy (non-hydrogen) atoms. The van der Waals surface area contributed by atoms with Crippen molar-refractivity contribution in [2.75, 3.05) is 0 Å². The van der Waals surface area contributed by atoms with Gasteiger partial charge in [-0.1, -0.05) is 13.8 Å². The SMILES string of the molecule is CCc1nn(C(F)F)c(CC)c1S(N)(=O)=O. The molecule has 2 N–H and O–H groups in total. The Morgan fingerprint density at radius 1 is 1.38 bits per heavy atom. The average Bonchev–Trinajstić information content (AvgIpc) is 2.55. The van der Waals surface area contributed by atoms with Crippen molar-refractivity contribution >= 4 is 10.0 Å². The van der Waals surface area contributed by atoms with Crippen LogP contribution in [0.15, 0.2) is 4.90 Å². The monoisotopic (exact) mass is 253 g/mol. The maximum atomic E-state index is 12.6. The molecule has 1 aromatic heterocycles. The Balaban J connectivity index is 3.57. The summed E-state index contributed by atoms with van der Waals surface area (Å²) >= 11 is 0. The van der Waals surface area contributed by atoms with E-state index in [2.05, 4.69) is 5.10 Å². The molecule has 0 radical (unpaired) electrons. The minimum atomic E-state index is -4.02. The molecule has 0 aliphatic carbocycles. The van der Waals surface area contributed by atoms with Crippen LogP contribution < -0.4 is 5.14 Å². The summed E-state index contributed by atoms with van der Waals surface area (Å²) in [5, 5.41) is 8.57. The molecular formula is C8H13F2N3O2S. The molecule has 1 rings (SSSR count). The van der Waals surface area contributed by atoms with Gasteiger partial charge in [0, 0.05) is 0 Å². The lowest BCUT2D eigenvalue weighted by Crippen LogP contribution is -2.16. The molecule has 0 amide bonds. The summed E-state index contributed by atoms with van der Waals surface area (Å²) in [6.45, 7) is 0.340. The van der Waals surface area contributed by atoms with E-state index < -0.39 is 16.6 Å². The van der Waals surface area contributed by atoms with Gasteiger partial charge in [-0.3, -0.25) is 0 Å². The van der Waals surface area contributed by atoms with Gasteiger partial charge in [0.1, 0.15) is 4.90 Å². The first-order valence-corrected chi connectivity index (χ1v) is 6.28. The van der Waals surface area contributed by atoms with Crippen molar-refractivity contribution in [3.8, 4) is 0 Å². The Hall–Kier alpha value is -1.02. The topological polar surface area (TPSA) is 78.0 Å². The van der Waals surface area contributed by atoms with Crippen molar-refractivity contribution in [2.24, 2.45) is 5.14 Å². The van der Waals surface area contributed by atoms with Crippen LogP contribution in [0.1, 0.15) is 31.8 Å². The standard InChI is InChI=1S/C8H13F2N3O2S/c1-3-5-7(16(11,14)15)6(4-2)13(12-5)8(9)10/h8H,3-4H2,1-2H3,(H2,11,14,15). The molecule has 0 atom stereocenters. The van der Waals surface area contributed by atoms with E-state index in [0.717, 1.165) is 0 Å². The van der Waals surface area contributed by atoms with Crippen LogP contribution in [0.25, 0.3) is 0 Å². The third-order valence-electron chi connectivity index (χ3n) is 2.17. The fourth-order valence-corrected chi connectivity index (χ4v) is 2.63. The Morgan fingerprint density at radius 2 is 1.94 bits per heavy atom. The highest BCUT2D eigenvalue weighted by molar-refractivity contribution is 7.89. The second kappa shape index (κ2) is 4.46. The average molecular weight is 253 g/mol. The molecule has 0 saturated heterocycles. The van der Waals surface area contributed by atoms with Gasteiger partial charge in [0.2, 0.25) is 10.0 Å². The minimum Gasteiger partial charge on any atom is -0.225 e. The molecule has 0 aliphatic rings. The summed E-state index contributed by atoms with van der Waals surface area (Å²) in [6.07, 6.45) is 0.363. The van der Waals surface area contributed by atoms with Crippen LogP contribution in [0, 0.1) is 0 Å². The fraction of sp³-hybridized carbons (Fsp3) is 0.625. The van der Waals surface area contributed by atoms with Crippen molar-refractivity contribution in [3.63, 3.8) is 0 Å². The zero-order chi connectivity index (χ0) is 12.5. The summed E-state index contributed by atoms with van der Waals surface area (Å²) in [5.41, 5.74) is 0.0361. The first-order valence-electron chi connectivity index (χ1n) is 4.74. The fourth-order valence-electron chi connectivity index (χ4n) is 1.55. The zero-order valence-electron chi connectivity index (χ0n) is 8.94. The molecule has 1 heterocycles. The molecule has 1 aromatic rings. The maximum Gasteiger partial charge on any atom is 0.333 e. The van der Waals surface area contributed by atoms with Crippen molar-refractivity contribution < 1.29 is 17.2 Å². The van der Waals surface area contributed by atoms with Crippen LogP contribution in [0.4, 0.5) is 8.78 Å². The number of alkyl halides is 2. The van der Waals surface area contributed by atoms with Crippen LogP contribution in [0.3, 0.4) is 0 Å². The van der Waals surface area contributed by atoms with E-state index in [4.69, 9.17) is 5.14 Å². The first-order chi connectivity index (χ1) is 7.32. The van der Waals surface area contributed by atoms with E-state index >= 15 is 0 Å². The summed E-state index contributed by atoms with van der Waals surface area (Å²) in [5.74, 6) is 0. The predicted octanol–water partition coefficient (Wildman–Crippen LogP) is 1.05. The predicted molar refractivity (Wildman–Crippen MR) is 53.6 cm³/mol. The maximum absolute atomic E-state index is 12.6. The number of rotatable bonds is 4. The van der Waals surface area contributed by atoms with Gasteiger partial charge in [0.15, 0.2) is 0 Å². The van der Waals surface area contributed by atoms with Gasteiger partial charge in [0.25, 0.3) is 0 Å². The summed E-state index contributed by atoms with van der Waals surface area (Å²) in [6, 6.07) is 0. The van der Waals surface area contributed by atoms with Gasteiger partial charge in [0.05, 0.1) is 11.4 Å². The van der Waals surface area contributed by atoms with Crippen LogP contribution in [-0.4, -0.2) is 18.2 Å². The van der Waals surface area contributed by atoms with Crippen molar-refractivity contribution in [3.05, 3.63) is 11.4 Å². The second-order valence-corrected chi connectivity index (χ2v) is 4.70. The van der Waals surface area contributed by atoms with Gasteiger partial charge in [-0.05, 0) is 12.8 Å². The second-order valence-electron chi connectivity index (χ2n) is 3.20. The van der Waals surface area contributed by atoms with Crippen LogP contribution in [0.2, 0.25) is 0 Å². The number of halogens is 2. The Morgan fingerprint density at radius 3 is 2.25 bits per heavy atom. The van der Waals surface area contributed by atoms with E-state index in [1.165, 1.54) is 0 Å². The molecular weight excluding hydrogens is 240 g/mol. The molecule has 0 unspecified atom stereocenters. The minimum absolute atomic E-state index is 0.0469. The highest BCUT2D eigenvalue weighted by Gasteiger charge is 2.26. The lowest BCUT2D eigenvalue weighted by molar-refractivity contribution is 0.0529. The quantitative estimate of drug-likeness (QED) is 0.871. The van der Waals surface area contributed by atoms with E-state index in [0.29, 0.717) is 4.68 Å². The third-order valence-corrected chi connectivity index (χ3v) is 3.21. The van der Waals surface area contributed by atoms with Crippen molar-refractivity contribution in [1.29, 1.82) is 0 Å². The molecule has 0 aromatic carbocycles. The van der Waals surface area contributed by atoms with Crippen LogP contribution in [0.5, 0.6) is 0 Å². The van der Waals surface area contributed by atoms with Crippen molar-refractivity contribution in [2.45, 2.75) is 38.1 Å². The molecule has 0 aliphatic heterocycles. The summed E-state index contributed by atoms with van der Waals surface area (Å²) < 4.78 is 48.2. The van der Waals surface area contributed by atoms with Crippen LogP contribution >= 0.6 is 0 Å². The number of aryl methyl sites for hydroxylation is 1. The lowest BCUT2D eigenvalue weighted by Gasteiger charge is -2.04. The molecule has 0 saturated carbocycles. The summed E-state index contributed by atoms with van der Waals surface area (Å²) in [4.78, 5) is -0.266. The summed E-state index contributed by atoms with van der Waals surface area (Å²) in [7, 11) is -4.02. The van der Waals surface area contributed by atoms with E-state index in [1.54, 1.807) is 13.8 Å². The van der Waals surface area contributed by atoms with Gasteiger partial charge < -0.3 is 0 Å². The smallest absolute Gasteiger partial charge is 0.225 e. The number of aromatic nitrogens is 2. The Kier molecular flexibility index (Phi) is 3.64. The lowest BCUT2D eigenvalue weighted by atomic mass is 10.2. The Bertz CT molecular complexity index is 482. The number of hydrogen-bond acceptors (Lipinski definition) is 3. The molecule has 92 valence electrons. The molecule has 8 heteroatoms. The van der Waals surface area contributed by atoms with E-state index in [1.807, 2.05) is 0 Å². The number of nitrogens with zero attached hydrogens (tertiary/aromatic N) is 2. The molecule has 5 nitrogen and oxygen atoms in total. The highest BCUT2D eigenvalue weighted by atomic mass is 32.2. The molecule has 0 bridgehead atoms. The first kappa shape index (κ1) is 13.0. The normalized spacial score (nSPS) is 12.4. The van der Waals surface area contributed by atoms with Gasteiger partial charge >= 0.3 is 6.55 Å². The third kappa shape index (κ3) is 2.22. The van der Waals surface area contributed by atoms with Gasteiger partial charge in [-0.15, -0.1) is 0 Å². The zero-order valence-corrected chi connectivity index (χ0v) is 9.76.